The van der Waals surface area contributed by atoms with E-state index < -0.39 is 37.5 Å². The maximum absolute atomic E-state index is 13.6. The highest BCUT2D eigenvalue weighted by atomic mass is 35.5. The number of hydrogen-bond acceptors (Lipinski definition) is 6. The molecule has 2 saturated heterocycles. The van der Waals surface area contributed by atoms with Gasteiger partial charge < -0.3 is 9.80 Å². The highest BCUT2D eigenvalue weighted by molar-refractivity contribution is 7.90. The molecule has 2 aromatic carbocycles. The molecule has 0 atom stereocenters. The van der Waals surface area contributed by atoms with Crippen LogP contribution in [0.5, 0.6) is 0 Å². The maximum atomic E-state index is 13.6. The van der Waals surface area contributed by atoms with Crippen molar-refractivity contribution in [2.45, 2.75) is 49.6 Å². The third-order valence-corrected chi connectivity index (χ3v) is 10.9. The number of carbonyl (C=O) groups excluding carboxylic acids is 1. The molecule has 2 aliphatic rings. The zero-order valence-electron chi connectivity index (χ0n) is 25.0. The lowest BCUT2D eigenvalue weighted by molar-refractivity contribution is -0.137. The van der Waals surface area contributed by atoms with E-state index in [1.54, 1.807) is 12.1 Å². The van der Waals surface area contributed by atoms with Crippen LogP contribution in [-0.4, -0.2) is 83.7 Å². The lowest BCUT2D eigenvalue weighted by Crippen LogP contribution is -2.45. The number of carbonyl (C=O) groups is 1. The van der Waals surface area contributed by atoms with Crippen LogP contribution < -0.4 is 4.90 Å². The van der Waals surface area contributed by atoms with Crippen molar-refractivity contribution in [3.63, 3.8) is 0 Å². The Morgan fingerprint density at radius 2 is 1.52 bits per heavy atom. The molecule has 4 rings (SSSR count). The van der Waals surface area contributed by atoms with Gasteiger partial charge in [-0.15, -0.1) is 12.4 Å². The molecule has 0 aliphatic carbocycles. The Bertz CT molecular complexity index is 1470. The minimum atomic E-state index is -4.54. The van der Waals surface area contributed by atoms with Crippen molar-refractivity contribution in [3.8, 4) is 0 Å². The second kappa shape index (κ2) is 14.9. The van der Waals surface area contributed by atoms with Crippen LogP contribution in [0.3, 0.4) is 0 Å². The van der Waals surface area contributed by atoms with Gasteiger partial charge >= 0.3 is 6.18 Å². The van der Waals surface area contributed by atoms with E-state index in [2.05, 4.69) is 4.90 Å². The molecule has 0 bridgehead atoms. The first-order valence-corrected chi connectivity index (χ1v) is 18.3. The monoisotopic (exact) mass is 679 g/mol. The van der Waals surface area contributed by atoms with E-state index in [1.807, 2.05) is 12.1 Å². The molecule has 14 heteroatoms. The van der Waals surface area contributed by atoms with Gasteiger partial charge in [-0.1, -0.05) is 18.2 Å². The number of sulfone groups is 1. The number of amides is 1. The SMILES string of the molecule is CS(=O)(=O)c1ccc(CC2CCN(CCCN(C(=O)C3CCN(S(C)(=O)=O)CC3)c3cccc(C(F)(F)F)c3)CC2)cc1.Cl. The van der Waals surface area contributed by atoms with Gasteiger partial charge in [0.15, 0.2) is 9.84 Å². The third-order valence-electron chi connectivity index (χ3n) is 8.46. The molecule has 2 aromatic rings. The standard InChI is InChI=1S/C30H40F3N3O5S2.ClH/c1-42(38,39)28-9-7-23(8-10-28)21-24-11-17-34(18-12-24)15-4-16-36(27-6-3-5-26(22-27)30(31,32)33)29(37)25-13-19-35(20-14-25)43(2,40)41;/h3,5-10,22,24-25H,4,11-21H2,1-2H3;1H. The molecule has 2 heterocycles. The lowest BCUT2D eigenvalue weighted by Gasteiger charge is -2.35. The summed E-state index contributed by atoms with van der Waals surface area (Å²) in [5.74, 6) is -0.260. The van der Waals surface area contributed by atoms with Crippen molar-refractivity contribution >= 4 is 43.9 Å². The Morgan fingerprint density at radius 1 is 0.909 bits per heavy atom. The molecule has 8 nitrogen and oxygen atoms in total. The minimum Gasteiger partial charge on any atom is -0.312 e. The van der Waals surface area contributed by atoms with Crippen molar-refractivity contribution in [1.82, 2.24) is 9.21 Å². The normalized spacial score (nSPS) is 18.1. The molecular weight excluding hydrogens is 639 g/mol. The summed E-state index contributed by atoms with van der Waals surface area (Å²) in [7, 11) is -6.60. The van der Waals surface area contributed by atoms with E-state index in [9.17, 15) is 34.8 Å². The Labute approximate surface area is 265 Å². The van der Waals surface area contributed by atoms with Crippen molar-refractivity contribution in [1.29, 1.82) is 0 Å². The lowest BCUT2D eigenvalue weighted by atomic mass is 9.90. The summed E-state index contributed by atoms with van der Waals surface area (Å²) in [5.41, 5.74) is 0.483. The van der Waals surface area contributed by atoms with Gasteiger partial charge in [0.1, 0.15) is 0 Å². The summed E-state index contributed by atoms with van der Waals surface area (Å²) in [6.07, 6.45) is 1.84. The highest BCUT2D eigenvalue weighted by Gasteiger charge is 2.34. The maximum Gasteiger partial charge on any atom is 0.416 e. The summed E-state index contributed by atoms with van der Waals surface area (Å²) >= 11 is 0. The van der Waals surface area contributed by atoms with Crippen molar-refractivity contribution in [3.05, 3.63) is 59.7 Å². The van der Waals surface area contributed by atoms with Crippen molar-refractivity contribution in [2.24, 2.45) is 11.8 Å². The van der Waals surface area contributed by atoms with Crippen LogP contribution in [0, 0.1) is 11.8 Å². The number of benzene rings is 2. The second-order valence-corrected chi connectivity index (χ2v) is 15.7. The first-order chi connectivity index (χ1) is 20.1. The predicted octanol–water partition coefficient (Wildman–Crippen LogP) is 4.88. The molecule has 2 aliphatic heterocycles. The van der Waals surface area contributed by atoms with Crippen LogP contribution in [-0.2, 0) is 37.3 Å². The van der Waals surface area contributed by atoms with E-state index in [0.29, 0.717) is 36.6 Å². The number of halogens is 4. The van der Waals surface area contributed by atoms with E-state index in [4.69, 9.17) is 0 Å². The number of likely N-dealkylation sites (tertiary alicyclic amines) is 1. The zero-order valence-corrected chi connectivity index (χ0v) is 27.4. The van der Waals surface area contributed by atoms with Crippen LogP contribution in [0.15, 0.2) is 53.4 Å². The van der Waals surface area contributed by atoms with Gasteiger partial charge in [-0.05, 0) is 100.0 Å². The molecule has 0 radical (unpaired) electrons. The smallest absolute Gasteiger partial charge is 0.312 e. The minimum absolute atomic E-state index is 0. The fourth-order valence-corrected chi connectivity index (χ4v) is 7.45. The van der Waals surface area contributed by atoms with Crippen molar-refractivity contribution in [2.75, 3.05) is 56.7 Å². The van der Waals surface area contributed by atoms with Gasteiger partial charge in [-0.2, -0.15) is 13.2 Å². The van der Waals surface area contributed by atoms with Crippen LogP contribution in [0.1, 0.15) is 43.2 Å². The van der Waals surface area contributed by atoms with E-state index in [0.717, 1.165) is 56.3 Å². The van der Waals surface area contributed by atoms with E-state index >= 15 is 0 Å². The first kappa shape index (κ1) is 36.3. The van der Waals surface area contributed by atoms with E-state index in [1.165, 1.54) is 27.6 Å². The summed E-state index contributed by atoms with van der Waals surface area (Å²) in [6, 6.07) is 11.9. The van der Waals surface area contributed by atoms with Crippen LogP contribution in [0.25, 0.3) is 0 Å². The molecule has 0 N–H and O–H groups in total. The van der Waals surface area contributed by atoms with Gasteiger partial charge in [0.2, 0.25) is 15.9 Å². The second-order valence-electron chi connectivity index (χ2n) is 11.7. The van der Waals surface area contributed by atoms with Crippen LogP contribution in [0.2, 0.25) is 0 Å². The number of sulfonamides is 1. The van der Waals surface area contributed by atoms with Crippen LogP contribution in [0.4, 0.5) is 18.9 Å². The molecule has 0 aromatic heterocycles. The number of anilines is 1. The molecule has 0 saturated carbocycles. The molecule has 2 fully saturated rings. The van der Waals surface area contributed by atoms with Gasteiger partial charge in [-0.25, -0.2) is 21.1 Å². The number of hydrogen-bond donors (Lipinski definition) is 0. The average molecular weight is 680 g/mol. The van der Waals surface area contributed by atoms with Gasteiger partial charge in [0, 0.05) is 37.5 Å². The fourth-order valence-electron chi connectivity index (χ4n) is 5.94. The first-order valence-electron chi connectivity index (χ1n) is 14.6. The number of piperidine rings is 2. The van der Waals surface area contributed by atoms with Crippen LogP contribution >= 0.6 is 12.4 Å². The van der Waals surface area contributed by atoms with E-state index in [-0.39, 0.29) is 43.6 Å². The predicted molar refractivity (Wildman–Crippen MR) is 167 cm³/mol. The summed E-state index contributed by atoms with van der Waals surface area (Å²) in [5, 5.41) is 0. The summed E-state index contributed by atoms with van der Waals surface area (Å²) in [6.45, 7) is 3.12. The van der Waals surface area contributed by atoms with Gasteiger partial charge in [0.05, 0.1) is 16.7 Å². The quantitative estimate of drug-likeness (QED) is 0.356. The summed E-state index contributed by atoms with van der Waals surface area (Å²) in [4.78, 5) is 17.7. The fraction of sp³-hybridized carbons (Fsp3) is 0.567. The average Bonchev–Trinajstić information content (AvgIpc) is 2.95. The number of alkyl halides is 3. The highest BCUT2D eigenvalue weighted by Crippen LogP contribution is 2.33. The molecule has 246 valence electrons. The molecule has 1 amide bonds. The molecule has 0 unspecified atom stereocenters. The number of rotatable bonds is 10. The van der Waals surface area contributed by atoms with Crippen molar-refractivity contribution < 1.29 is 34.8 Å². The Morgan fingerprint density at radius 3 is 2.07 bits per heavy atom. The third kappa shape index (κ3) is 9.90. The Balaban J connectivity index is 0.00000529. The zero-order chi connectivity index (χ0) is 31.4. The summed E-state index contributed by atoms with van der Waals surface area (Å²) < 4.78 is 89.0. The largest absolute Gasteiger partial charge is 0.416 e. The molecule has 44 heavy (non-hydrogen) atoms. The Hall–Kier alpha value is -2.19. The number of nitrogens with zero attached hydrogens (tertiary/aromatic N) is 3. The van der Waals surface area contributed by atoms with Gasteiger partial charge in [-0.3, -0.25) is 4.79 Å². The Kier molecular flexibility index (Phi) is 12.3. The molecule has 0 spiro atoms. The van der Waals surface area contributed by atoms with Gasteiger partial charge in [0.25, 0.3) is 0 Å². The molecular formula is C30H41ClF3N3O5S2. The topological polar surface area (TPSA) is 95.1 Å².